The van der Waals surface area contributed by atoms with E-state index in [0.717, 1.165) is 73.5 Å². The maximum absolute atomic E-state index is 13.7. The van der Waals surface area contributed by atoms with Gasteiger partial charge in [0.25, 0.3) is 0 Å². The summed E-state index contributed by atoms with van der Waals surface area (Å²) in [7, 11) is 0. The van der Waals surface area contributed by atoms with Gasteiger partial charge in [-0.05, 0) is 298 Å². The number of benzene rings is 12. The van der Waals surface area contributed by atoms with Crippen molar-refractivity contribution in [2.45, 2.75) is 162 Å². The van der Waals surface area contributed by atoms with Crippen molar-refractivity contribution in [3.05, 3.63) is 350 Å². The Morgan fingerprint density at radius 1 is 0.142 bits per heavy atom. The second-order valence-electron chi connectivity index (χ2n) is 29.9. The highest BCUT2D eigenvalue weighted by Gasteiger charge is 2.49. The average Bonchev–Trinajstić information content (AvgIpc) is 0.735. The van der Waals surface area contributed by atoms with Gasteiger partial charge >= 0.3 is 37.1 Å². The molecule has 12 aromatic rings. The number of aryl methyl sites for hydroxylation is 18. The summed E-state index contributed by atoms with van der Waals surface area (Å²) in [5.74, 6) is -4.68. The first-order valence-corrected chi connectivity index (χ1v) is 36.9. The first kappa shape index (κ1) is 96.1. The second kappa shape index (κ2) is 37.7. The van der Waals surface area contributed by atoms with Gasteiger partial charge in [0.15, 0.2) is 0 Å². The smallest absolute Gasteiger partial charge is 0.206 e. The molecule has 0 bridgehead atoms. The van der Waals surface area contributed by atoms with Crippen LogP contribution in [0.15, 0.2) is 182 Å². The predicted octanol–water partition coefficient (Wildman–Crippen LogP) is 32.6. The molecule has 0 atom stereocenters. The summed E-state index contributed by atoms with van der Waals surface area (Å²) in [6.07, 6.45) is -32.1. The highest BCUT2D eigenvalue weighted by molar-refractivity contribution is 5.81. The maximum Gasteiger partial charge on any atom is 0.417 e. The van der Waals surface area contributed by atoms with E-state index in [4.69, 9.17) is 0 Å². The van der Waals surface area contributed by atoms with Gasteiger partial charge in [0.2, 0.25) is 0 Å². The summed E-state index contributed by atoms with van der Waals surface area (Å²) in [6.45, 7) is 33.0. The Bertz CT molecular complexity index is 5020. The van der Waals surface area contributed by atoms with Gasteiger partial charge in [0, 0.05) is 22.3 Å². The Labute approximate surface area is 681 Å². The van der Waals surface area contributed by atoms with Crippen LogP contribution in [0.1, 0.15) is 134 Å². The Morgan fingerprint density at radius 3 is 0.525 bits per heavy atom. The van der Waals surface area contributed by atoms with Gasteiger partial charge in [-0.2, -0.15) is 79.0 Å². The summed E-state index contributed by atoms with van der Waals surface area (Å²) in [4.78, 5) is 0. The lowest BCUT2D eigenvalue weighted by Gasteiger charge is -2.26. The largest absolute Gasteiger partial charge is 0.417 e. The van der Waals surface area contributed by atoms with E-state index in [1.165, 1.54) is 130 Å². The molecule has 0 radical (unpaired) electrons. The minimum absolute atomic E-state index is 0.0741. The van der Waals surface area contributed by atoms with Crippen LogP contribution >= 0.6 is 0 Å². The lowest BCUT2D eigenvalue weighted by Crippen LogP contribution is -2.20. The molecule has 0 aromatic heterocycles. The van der Waals surface area contributed by atoms with Crippen molar-refractivity contribution in [2.75, 3.05) is 0 Å². The second-order valence-corrected chi connectivity index (χ2v) is 29.9. The number of hydrogen-bond acceptors (Lipinski definition) is 0. The molecule has 0 aliphatic heterocycles. The third kappa shape index (κ3) is 24.2. The van der Waals surface area contributed by atoms with Crippen LogP contribution in [0.2, 0.25) is 0 Å². The zero-order valence-corrected chi connectivity index (χ0v) is 68.4. The molecular weight excluding hydrogens is 1610 g/mol. The van der Waals surface area contributed by atoms with Gasteiger partial charge in [-0.1, -0.05) is 143 Å². The van der Waals surface area contributed by atoms with E-state index in [2.05, 4.69) is 130 Å². The average molecular weight is 1690 g/mol. The molecular formula is C96H84F24. The summed E-state index contributed by atoms with van der Waals surface area (Å²) in [6, 6.07) is 43.1. The van der Waals surface area contributed by atoms with E-state index >= 15 is 0 Å². The van der Waals surface area contributed by atoms with Crippen molar-refractivity contribution in [3.63, 3.8) is 0 Å². The van der Waals surface area contributed by atoms with E-state index in [1.807, 2.05) is 0 Å². The van der Waals surface area contributed by atoms with E-state index in [-0.39, 0.29) is 35.9 Å². The molecule has 120 heavy (non-hydrogen) atoms. The maximum atomic E-state index is 13.7. The predicted molar refractivity (Wildman–Crippen MR) is 426 cm³/mol. The summed E-state index contributed by atoms with van der Waals surface area (Å²) < 4.78 is 323. The van der Waals surface area contributed by atoms with Crippen LogP contribution in [0.3, 0.4) is 0 Å². The quantitative estimate of drug-likeness (QED) is 0.146. The third-order valence-electron chi connectivity index (χ3n) is 19.1. The van der Waals surface area contributed by atoms with Gasteiger partial charge in [0.05, 0.1) is 44.5 Å². The van der Waals surface area contributed by atoms with Crippen LogP contribution in [-0.2, 0) is 37.1 Å². The highest BCUT2D eigenvalue weighted by Crippen LogP contribution is 2.53. The number of halogens is 24. The lowest BCUT2D eigenvalue weighted by molar-refractivity contribution is -0.146. The van der Waals surface area contributed by atoms with Gasteiger partial charge in [0.1, 0.15) is 34.9 Å². The third-order valence-corrected chi connectivity index (χ3v) is 19.1. The van der Waals surface area contributed by atoms with Gasteiger partial charge in [-0.15, -0.1) is 0 Å². The summed E-state index contributed by atoms with van der Waals surface area (Å²) in [5, 5.41) is 0. The molecule has 0 unspecified atom stereocenters. The van der Waals surface area contributed by atoms with Crippen molar-refractivity contribution < 1.29 is 105 Å². The first-order valence-electron chi connectivity index (χ1n) is 36.9. The summed E-state index contributed by atoms with van der Waals surface area (Å²) in [5.41, 5.74) is 3.54. The van der Waals surface area contributed by atoms with Crippen LogP contribution in [0.4, 0.5) is 105 Å². The number of rotatable bonds is 6. The molecule has 0 aliphatic rings. The zero-order chi connectivity index (χ0) is 90.5. The molecule has 12 rings (SSSR count). The minimum Gasteiger partial charge on any atom is -0.206 e. The molecule has 0 amide bonds. The minimum atomic E-state index is -5.67. The molecule has 0 aliphatic carbocycles. The van der Waals surface area contributed by atoms with Crippen molar-refractivity contribution in [2.24, 2.45) is 0 Å². The Kier molecular flexibility index (Phi) is 30.2. The molecule has 0 heterocycles. The molecule has 0 N–H and O–H groups in total. The fourth-order valence-corrected chi connectivity index (χ4v) is 14.2. The Balaban J connectivity index is 0.000000201. The number of alkyl halides is 18. The van der Waals surface area contributed by atoms with E-state index in [0.29, 0.717) is 33.4 Å². The Hall–Kier alpha value is -11.0. The van der Waals surface area contributed by atoms with Crippen LogP contribution in [0.5, 0.6) is 0 Å². The van der Waals surface area contributed by atoms with E-state index < -0.39 is 138 Å². The molecule has 0 spiro atoms. The topological polar surface area (TPSA) is 0 Å². The molecule has 0 nitrogen and oxygen atoms in total. The molecule has 0 saturated heterocycles. The highest BCUT2D eigenvalue weighted by atomic mass is 19.4. The Morgan fingerprint density at radius 2 is 0.308 bits per heavy atom. The first-order chi connectivity index (χ1) is 55.2. The van der Waals surface area contributed by atoms with Gasteiger partial charge < -0.3 is 0 Å². The number of hydrogen-bond donors (Lipinski definition) is 0. The van der Waals surface area contributed by atoms with Crippen LogP contribution in [-0.4, -0.2) is 0 Å². The summed E-state index contributed by atoms with van der Waals surface area (Å²) >= 11 is 0. The van der Waals surface area contributed by atoms with Crippen molar-refractivity contribution in [1.82, 2.24) is 0 Å². The van der Waals surface area contributed by atoms with Crippen molar-refractivity contribution >= 4 is 0 Å². The van der Waals surface area contributed by atoms with Crippen molar-refractivity contribution in [1.29, 1.82) is 0 Å². The van der Waals surface area contributed by atoms with Gasteiger partial charge in [-0.3, -0.25) is 0 Å². The van der Waals surface area contributed by atoms with Crippen molar-refractivity contribution in [3.8, 4) is 66.8 Å². The fourth-order valence-electron chi connectivity index (χ4n) is 14.2. The van der Waals surface area contributed by atoms with E-state index in [1.54, 1.807) is 38.1 Å². The van der Waals surface area contributed by atoms with Crippen LogP contribution in [0, 0.1) is 160 Å². The monoisotopic (exact) mass is 1690 g/mol. The normalized spacial score (nSPS) is 11.8. The molecule has 24 heteroatoms. The molecule has 0 saturated carbocycles. The molecule has 12 aromatic carbocycles. The molecule has 0 fully saturated rings. The van der Waals surface area contributed by atoms with Crippen LogP contribution in [0.25, 0.3) is 66.8 Å². The zero-order valence-electron chi connectivity index (χ0n) is 68.4. The SMILES string of the molecule is Cc1cc(C(F)(F)F)c(-c2c(C(F)(F)F)cc(C)cc2C(F)(F)F)c(C(F)(F)F)c1.Cc1cc(C)c(-c2c(C)cc(C)cc2C)c(C)c1.Cc1cc(F)c(-c2c(F)cc(C)cc2F)c(F)c1.Cc1ccc(-c2ccc(C)cc2C(F)(F)F)c(C(F)(F)F)c1.Cc1ccc(-c2ccc(C)cc2C)c(C)c1.Cc1ccc(-c2ccc(C)cc2F)c(F)c1. The molecule has 636 valence electrons. The fraction of sp³-hybridized carbons (Fsp3) is 0.250. The standard InChI is InChI=1S/C18H10F12.C18H22.C16H12F6.C16H18.C14H10F4.C14H12F2/c1-7-3-9(15(19,20)21)13(10(4-7)16(22,23)24)14-11(17(25,26)27)5-8(2)6-12(14)18(28,29)30;1-11-7-13(3)17(14(4)8-11)18-15(5)9-12(2)10-16(18)6;1-9-3-5-11(13(7-9)15(17,18)19)12-6-4-10(2)8-14(12)16(20,21)22;1-11-5-7-15(13(3)9-11)16-8-6-12(2)10-14(16)4;1-7-3-9(15)13(10(16)4-7)14-11(17)5-8(2)6-12(14)18;1-9-3-5-11(13(15)7-9)12-6-4-10(2)8-14(12)16/h3-6H,1-2H3;7-10H,1-6H3;3-8H,1-2H3;5-10H,1-4H3;3-6H,1-2H3;3-8H,1-2H3. The lowest BCUT2D eigenvalue weighted by atomic mass is 9.85. The van der Waals surface area contributed by atoms with E-state index in [9.17, 15) is 105 Å². The van der Waals surface area contributed by atoms with Gasteiger partial charge in [-0.25, -0.2) is 26.3 Å². The van der Waals surface area contributed by atoms with Crippen LogP contribution < -0.4 is 0 Å².